The first-order valence-corrected chi connectivity index (χ1v) is 11.7. The SMILES string of the molecule is C=C1C(C)=C(C)c2cc(Cl)ccc2C(N2CCN(C(=O)OC(C)(C)C)CC2)C1N/C=C\C. The lowest BCUT2D eigenvalue weighted by Crippen LogP contribution is -2.54. The van der Waals surface area contributed by atoms with Crippen LogP contribution in [0.15, 0.2) is 48.2 Å². The Morgan fingerprint density at radius 1 is 1.19 bits per heavy atom. The van der Waals surface area contributed by atoms with Crippen LogP contribution in [0.3, 0.4) is 0 Å². The van der Waals surface area contributed by atoms with Crippen molar-refractivity contribution in [2.75, 3.05) is 26.2 Å². The van der Waals surface area contributed by atoms with Crippen molar-refractivity contribution in [2.24, 2.45) is 0 Å². The van der Waals surface area contributed by atoms with Gasteiger partial charge in [-0.3, -0.25) is 4.90 Å². The predicted molar refractivity (Wildman–Crippen MR) is 133 cm³/mol. The number of nitrogens with zero attached hydrogens (tertiary/aromatic N) is 2. The molecule has 2 unspecified atom stereocenters. The maximum atomic E-state index is 12.6. The smallest absolute Gasteiger partial charge is 0.410 e. The first kappa shape index (κ1) is 24.4. The van der Waals surface area contributed by atoms with E-state index < -0.39 is 5.60 Å². The van der Waals surface area contributed by atoms with Gasteiger partial charge in [0.1, 0.15) is 5.60 Å². The minimum atomic E-state index is -0.492. The molecule has 0 saturated carbocycles. The van der Waals surface area contributed by atoms with E-state index in [1.54, 1.807) is 4.90 Å². The van der Waals surface area contributed by atoms with Gasteiger partial charge in [0, 0.05) is 31.2 Å². The number of nitrogens with one attached hydrogen (secondary N) is 1. The number of amides is 1. The Morgan fingerprint density at radius 2 is 1.84 bits per heavy atom. The van der Waals surface area contributed by atoms with Crippen LogP contribution < -0.4 is 5.32 Å². The lowest BCUT2D eigenvalue weighted by molar-refractivity contribution is 0.00901. The molecule has 1 aliphatic carbocycles. The summed E-state index contributed by atoms with van der Waals surface area (Å²) in [6.45, 7) is 19.2. The van der Waals surface area contributed by atoms with Crippen LogP contribution in [0.1, 0.15) is 58.7 Å². The molecule has 1 amide bonds. The van der Waals surface area contributed by atoms with Crippen molar-refractivity contribution < 1.29 is 9.53 Å². The molecule has 1 fully saturated rings. The zero-order valence-electron chi connectivity index (χ0n) is 20.2. The Morgan fingerprint density at radius 3 is 2.44 bits per heavy atom. The number of hydrogen-bond donors (Lipinski definition) is 1. The molecule has 1 saturated heterocycles. The van der Waals surface area contributed by atoms with Crippen molar-refractivity contribution in [3.05, 3.63) is 64.3 Å². The molecule has 1 N–H and O–H groups in total. The highest BCUT2D eigenvalue weighted by atomic mass is 35.5. The highest BCUT2D eigenvalue weighted by molar-refractivity contribution is 6.30. The van der Waals surface area contributed by atoms with E-state index in [-0.39, 0.29) is 18.2 Å². The number of rotatable bonds is 3. The summed E-state index contributed by atoms with van der Waals surface area (Å²) in [7, 11) is 0. The molecule has 0 radical (unpaired) electrons. The van der Waals surface area contributed by atoms with E-state index in [4.69, 9.17) is 16.3 Å². The second-order valence-electron chi connectivity index (χ2n) is 9.60. The average molecular weight is 458 g/mol. The Hall–Kier alpha value is -2.24. The highest BCUT2D eigenvalue weighted by Gasteiger charge is 2.38. The fourth-order valence-electron chi connectivity index (χ4n) is 4.47. The van der Waals surface area contributed by atoms with Crippen LogP contribution in [0, 0.1) is 0 Å². The first-order chi connectivity index (χ1) is 15.0. The van der Waals surface area contributed by atoms with Crippen molar-refractivity contribution in [3.63, 3.8) is 0 Å². The van der Waals surface area contributed by atoms with Gasteiger partial charge in [-0.1, -0.05) is 30.3 Å². The number of allylic oxidation sites excluding steroid dienone is 2. The molecule has 0 bridgehead atoms. The van der Waals surface area contributed by atoms with Crippen LogP contribution in [0.2, 0.25) is 5.02 Å². The molecule has 1 aliphatic heterocycles. The number of carbonyl (C=O) groups excluding carboxylic acids is 1. The zero-order valence-corrected chi connectivity index (χ0v) is 20.9. The summed E-state index contributed by atoms with van der Waals surface area (Å²) in [5.74, 6) is 0. The molecule has 0 aromatic heterocycles. The summed E-state index contributed by atoms with van der Waals surface area (Å²) in [6, 6.07) is 6.25. The van der Waals surface area contributed by atoms with Gasteiger partial charge < -0.3 is 15.0 Å². The minimum Gasteiger partial charge on any atom is -0.444 e. The van der Waals surface area contributed by atoms with Gasteiger partial charge in [-0.05, 0) is 87.7 Å². The fourth-order valence-corrected chi connectivity index (χ4v) is 4.64. The first-order valence-electron chi connectivity index (χ1n) is 11.3. The van der Waals surface area contributed by atoms with Gasteiger partial charge in [0.25, 0.3) is 0 Å². The van der Waals surface area contributed by atoms with E-state index in [0.29, 0.717) is 13.1 Å². The lowest BCUT2D eigenvalue weighted by atomic mass is 9.90. The molecular formula is C26H36ClN3O2. The predicted octanol–water partition coefficient (Wildman–Crippen LogP) is 5.79. The van der Waals surface area contributed by atoms with Crippen molar-refractivity contribution in [3.8, 4) is 0 Å². The summed E-state index contributed by atoms with van der Waals surface area (Å²) in [6.07, 6.45) is 3.75. The Labute approximate surface area is 197 Å². The highest BCUT2D eigenvalue weighted by Crippen LogP contribution is 2.41. The molecule has 3 rings (SSSR count). The van der Waals surface area contributed by atoms with E-state index in [1.165, 1.54) is 22.3 Å². The Balaban J connectivity index is 1.94. The molecule has 1 aromatic rings. The van der Waals surface area contributed by atoms with Gasteiger partial charge in [-0.2, -0.15) is 0 Å². The zero-order chi connectivity index (χ0) is 23.6. The molecule has 2 atom stereocenters. The third kappa shape index (κ3) is 5.21. The monoisotopic (exact) mass is 457 g/mol. The molecule has 174 valence electrons. The van der Waals surface area contributed by atoms with Crippen LogP contribution in [-0.4, -0.2) is 53.7 Å². The third-order valence-electron chi connectivity index (χ3n) is 6.28. The van der Waals surface area contributed by atoms with E-state index in [1.807, 2.05) is 46.0 Å². The summed E-state index contributed by atoms with van der Waals surface area (Å²) >= 11 is 6.40. The van der Waals surface area contributed by atoms with Gasteiger partial charge in [-0.25, -0.2) is 4.79 Å². The van der Waals surface area contributed by atoms with Crippen LogP contribution in [0.25, 0.3) is 5.57 Å². The van der Waals surface area contributed by atoms with Gasteiger partial charge >= 0.3 is 6.09 Å². The average Bonchev–Trinajstić information content (AvgIpc) is 2.81. The largest absolute Gasteiger partial charge is 0.444 e. The van der Waals surface area contributed by atoms with Gasteiger partial charge in [0.05, 0.1) is 12.1 Å². The number of benzene rings is 1. The summed E-state index contributed by atoms with van der Waals surface area (Å²) in [4.78, 5) is 16.8. The van der Waals surface area contributed by atoms with Crippen LogP contribution >= 0.6 is 11.6 Å². The van der Waals surface area contributed by atoms with E-state index in [0.717, 1.165) is 23.7 Å². The summed E-state index contributed by atoms with van der Waals surface area (Å²) in [5, 5.41) is 4.32. The van der Waals surface area contributed by atoms with Gasteiger partial charge in [0.15, 0.2) is 0 Å². The van der Waals surface area contributed by atoms with Crippen molar-refractivity contribution in [1.82, 2.24) is 15.1 Å². The second kappa shape index (κ2) is 9.72. The maximum Gasteiger partial charge on any atom is 0.410 e. The van der Waals surface area contributed by atoms with Gasteiger partial charge in [0.2, 0.25) is 0 Å². The topological polar surface area (TPSA) is 44.8 Å². The quantitative estimate of drug-likeness (QED) is 0.624. The van der Waals surface area contributed by atoms with Crippen molar-refractivity contribution in [1.29, 1.82) is 0 Å². The molecule has 32 heavy (non-hydrogen) atoms. The molecule has 5 nitrogen and oxygen atoms in total. The normalized spacial score (nSPS) is 22.7. The maximum absolute atomic E-state index is 12.6. The number of halogens is 1. The van der Waals surface area contributed by atoms with Crippen molar-refractivity contribution in [2.45, 2.75) is 59.2 Å². The Kier molecular flexibility index (Phi) is 7.41. The van der Waals surface area contributed by atoms with E-state index in [2.05, 4.69) is 42.8 Å². The van der Waals surface area contributed by atoms with E-state index >= 15 is 0 Å². The molecule has 6 heteroatoms. The van der Waals surface area contributed by atoms with Crippen molar-refractivity contribution >= 4 is 23.3 Å². The molecule has 1 aromatic carbocycles. The van der Waals surface area contributed by atoms with Crippen LogP contribution in [0.4, 0.5) is 4.79 Å². The third-order valence-corrected chi connectivity index (χ3v) is 6.51. The number of carbonyl (C=O) groups is 1. The number of fused-ring (bicyclic) bond motifs is 1. The second-order valence-corrected chi connectivity index (χ2v) is 10.0. The summed E-state index contributed by atoms with van der Waals surface area (Å²) < 4.78 is 5.58. The summed E-state index contributed by atoms with van der Waals surface area (Å²) in [5.41, 5.74) is 5.37. The number of hydrogen-bond acceptors (Lipinski definition) is 4. The van der Waals surface area contributed by atoms with Crippen LogP contribution in [-0.2, 0) is 4.74 Å². The molecule has 1 heterocycles. The molecule has 2 aliphatic rings. The minimum absolute atomic E-state index is 0.0108. The Bertz CT molecular complexity index is 937. The number of ether oxygens (including phenoxy) is 1. The molecular weight excluding hydrogens is 422 g/mol. The van der Waals surface area contributed by atoms with Gasteiger partial charge in [-0.15, -0.1) is 0 Å². The number of piperazine rings is 1. The standard InChI is InChI=1S/C26H36ClN3O2/c1-8-11-28-23-19(4)17(2)18(3)22-16-20(27)9-10-21(22)24(23)29-12-14-30(15-13-29)25(31)32-26(5,6)7/h8-11,16,23-24,28H,4,12-15H2,1-3,5-7H3/b11-8-. The van der Waals surface area contributed by atoms with Crippen LogP contribution in [0.5, 0.6) is 0 Å². The molecule has 0 spiro atoms. The lowest BCUT2D eigenvalue weighted by Gasteiger charge is -2.43. The van der Waals surface area contributed by atoms with E-state index in [9.17, 15) is 4.79 Å². The fraction of sp³-hybridized carbons (Fsp3) is 0.500.